The summed E-state index contributed by atoms with van der Waals surface area (Å²) in [6.07, 6.45) is 21.4. The number of hydrogen-bond acceptors (Lipinski definition) is 1. The molecule has 0 heterocycles. The second kappa shape index (κ2) is 15.3. The summed E-state index contributed by atoms with van der Waals surface area (Å²) >= 11 is 0. The van der Waals surface area contributed by atoms with Crippen molar-refractivity contribution >= 4 is 5.78 Å². The molecule has 1 atom stereocenters. The lowest BCUT2D eigenvalue weighted by Crippen LogP contribution is -2.62. The van der Waals surface area contributed by atoms with Crippen LogP contribution in [0.3, 0.4) is 0 Å². The Labute approximate surface area is 171 Å². The Morgan fingerprint density at radius 1 is 0.778 bits per heavy atom. The molecule has 0 rings (SSSR count). The van der Waals surface area contributed by atoms with Crippen molar-refractivity contribution in [2.45, 2.75) is 123 Å². The van der Waals surface area contributed by atoms with E-state index in [9.17, 15) is 4.79 Å². The number of nitrogens with zero attached hydrogens (tertiary/aromatic N) is 1. The molecule has 0 aromatic carbocycles. The van der Waals surface area contributed by atoms with Gasteiger partial charge in [0.15, 0.2) is 5.54 Å². The van der Waals surface area contributed by atoms with Crippen molar-refractivity contribution < 1.29 is 9.28 Å². The zero-order valence-corrected chi connectivity index (χ0v) is 19.5. The van der Waals surface area contributed by atoms with E-state index in [2.05, 4.69) is 41.4 Å². The van der Waals surface area contributed by atoms with Crippen molar-refractivity contribution in [2.24, 2.45) is 0 Å². The highest BCUT2D eigenvalue weighted by molar-refractivity contribution is 5.96. The van der Waals surface area contributed by atoms with Gasteiger partial charge in [0, 0.05) is 6.42 Å². The van der Waals surface area contributed by atoms with Crippen LogP contribution in [0.1, 0.15) is 117 Å². The van der Waals surface area contributed by atoms with E-state index in [1.165, 1.54) is 83.1 Å². The van der Waals surface area contributed by atoms with E-state index in [4.69, 9.17) is 0 Å². The molecule has 0 aromatic heterocycles. The molecule has 0 bridgehead atoms. The average molecular weight is 381 g/mol. The predicted octanol–water partition coefficient (Wildman–Crippen LogP) is 7.47. The van der Waals surface area contributed by atoms with Crippen LogP contribution in [-0.4, -0.2) is 36.4 Å². The molecule has 0 aromatic rings. The van der Waals surface area contributed by atoms with Crippen LogP contribution in [0, 0.1) is 0 Å². The Morgan fingerprint density at radius 3 is 1.56 bits per heavy atom. The van der Waals surface area contributed by atoms with E-state index in [1.807, 2.05) is 0 Å². The summed E-state index contributed by atoms with van der Waals surface area (Å²) in [4.78, 5) is 12.6. The molecule has 0 N–H and O–H groups in total. The fourth-order valence-electron chi connectivity index (χ4n) is 4.24. The fraction of sp³-hybridized carbons (Fsp3) is 0.880. The summed E-state index contributed by atoms with van der Waals surface area (Å²) in [5.41, 5.74) is -0.324. The maximum Gasteiger partial charge on any atom is 0.214 e. The van der Waals surface area contributed by atoms with Gasteiger partial charge in [0.25, 0.3) is 0 Å². The van der Waals surface area contributed by atoms with Crippen molar-refractivity contribution in [2.75, 3.05) is 20.6 Å². The molecular weight excluding hydrogens is 330 g/mol. The number of likely N-dealkylation sites (N-methyl/N-ethyl adjacent to an activating group) is 1. The molecule has 0 aliphatic carbocycles. The first-order chi connectivity index (χ1) is 12.9. The predicted molar refractivity (Wildman–Crippen MR) is 121 cm³/mol. The van der Waals surface area contributed by atoms with Crippen LogP contribution < -0.4 is 0 Å². The Bertz CT molecular complexity index is 388. The Hall–Kier alpha value is -0.630. The van der Waals surface area contributed by atoms with Crippen molar-refractivity contribution in [3.8, 4) is 0 Å². The van der Waals surface area contributed by atoms with Gasteiger partial charge in [0.1, 0.15) is 0 Å². The molecule has 0 aliphatic rings. The number of ketones is 1. The van der Waals surface area contributed by atoms with E-state index < -0.39 is 0 Å². The van der Waals surface area contributed by atoms with Crippen LogP contribution in [0.2, 0.25) is 0 Å². The first kappa shape index (κ1) is 26.4. The minimum absolute atomic E-state index is 0.208. The van der Waals surface area contributed by atoms with E-state index in [-0.39, 0.29) is 11.3 Å². The monoisotopic (exact) mass is 380 g/mol. The number of rotatable bonds is 19. The molecule has 0 fully saturated rings. The highest BCUT2D eigenvalue weighted by Gasteiger charge is 2.45. The van der Waals surface area contributed by atoms with Crippen molar-refractivity contribution in [3.63, 3.8) is 0 Å². The smallest absolute Gasteiger partial charge is 0.214 e. The number of unbranched alkanes of at least 4 members (excludes halogenated alkanes) is 12. The molecule has 0 aliphatic heterocycles. The summed E-state index contributed by atoms with van der Waals surface area (Å²) in [6, 6.07) is 0. The summed E-state index contributed by atoms with van der Waals surface area (Å²) in [5.74, 6) is 0.208. The largest absolute Gasteiger partial charge is 0.317 e. The number of hydrogen-bond donors (Lipinski definition) is 0. The third-order valence-corrected chi connectivity index (χ3v) is 6.60. The molecule has 0 spiro atoms. The molecule has 160 valence electrons. The molecule has 0 amide bonds. The molecular formula is C25H50NO+. The van der Waals surface area contributed by atoms with Crippen molar-refractivity contribution in [3.05, 3.63) is 12.7 Å². The van der Waals surface area contributed by atoms with E-state index in [0.717, 1.165) is 30.3 Å². The zero-order valence-electron chi connectivity index (χ0n) is 19.5. The van der Waals surface area contributed by atoms with Crippen LogP contribution in [0.25, 0.3) is 0 Å². The lowest BCUT2D eigenvalue weighted by atomic mass is 9.85. The van der Waals surface area contributed by atoms with E-state index >= 15 is 0 Å². The van der Waals surface area contributed by atoms with Gasteiger partial charge in [-0.1, -0.05) is 97.5 Å². The van der Waals surface area contributed by atoms with Crippen LogP contribution >= 0.6 is 0 Å². The van der Waals surface area contributed by atoms with Gasteiger partial charge >= 0.3 is 0 Å². The van der Waals surface area contributed by atoms with Gasteiger partial charge in [-0.3, -0.25) is 4.79 Å². The first-order valence-electron chi connectivity index (χ1n) is 11.9. The molecule has 2 nitrogen and oxygen atoms in total. The average Bonchev–Trinajstić information content (AvgIpc) is 2.64. The quantitative estimate of drug-likeness (QED) is 0.129. The summed E-state index contributed by atoms with van der Waals surface area (Å²) in [7, 11) is 4.40. The van der Waals surface area contributed by atoms with Gasteiger partial charge in [-0.25, -0.2) is 0 Å². The van der Waals surface area contributed by atoms with Gasteiger partial charge in [-0.05, 0) is 25.8 Å². The lowest BCUT2D eigenvalue weighted by molar-refractivity contribution is -0.929. The SMILES string of the molecule is C=CC(=O)C(C)(CCCCCCCCCCCCCCC)[N+](C)(C)CCC. The lowest BCUT2D eigenvalue weighted by Gasteiger charge is -2.45. The van der Waals surface area contributed by atoms with Crippen molar-refractivity contribution in [1.82, 2.24) is 0 Å². The van der Waals surface area contributed by atoms with Gasteiger partial charge < -0.3 is 4.48 Å². The van der Waals surface area contributed by atoms with Gasteiger partial charge in [-0.2, -0.15) is 0 Å². The third-order valence-electron chi connectivity index (χ3n) is 6.60. The Kier molecular flexibility index (Phi) is 15.0. The summed E-state index contributed by atoms with van der Waals surface area (Å²) < 4.78 is 0.770. The van der Waals surface area contributed by atoms with Crippen molar-refractivity contribution in [1.29, 1.82) is 0 Å². The highest BCUT2D eigenvalue weighted by Crippen LogP contribution is 2.29. The molecule has 2 heteroatoms. The van der Waals surface area contributed by atoms with E-state index in [0.29, 0.717) is 0 Å². The van der Waals surface area contributed by atoms with Crippen LogP contribution in [0.5, 0.6) is 0 Å². The highest BCUT2D eigenvalue weighted by atomic mass is 16.1. The summed E-state index contributed by atoms with van der Waals surface area (Å²) in [6.45, 7) is 11.4. The molecule has 27 heavy (non-hydrogen) atoms. The topological polar surface area (TPSA) is 17.1 Å². The standard InChI is InChI=1S/C25H50NO/c1-7-10-11-12-13-14-15-16-17-18-19-20-21-22-25(4,24(27)9-3)26(5,6)23-8-2/h9H,3,7-8,10-23H2,1-2,4-6H3/q+1. The fourth-order valence-corrected chi connectivity index (χ4v) is 4.24. The normalized spacial score (nSPS) is 14.1. The van der Waals surface area contributed by atoms with Crippen LogP contribution in [0.15, 0.2) is 12.7 Å². The van der Waals surface area contributed by atoms with Gasteiger partial charge in [0.05, 0.1) is 20.6 Å². The zero-order chi connectivity index (χ0) is 20.6. The molecule has 1 unspecified atom stereocenters. The van der Waals surface area contributed by atoms with Crippen LogP contribution in [0.4, 0.5) is 0 Å². The van der Waals surface area contributed by atoms with Gasteiger partial charge in [-0.15, -0.1) is 0 Å². The second-order valence-corrected chi connectivity index (χ2v) is 9.24. The maximum atomic E-state index is 12.6. The Balaban J connectivity index is 3.90. The number of quaternary nitrogens is 1. The molecule has 0 radical (unpaired) electrons. The maximum absolute atomic E-state index is 12.6. The molecule has 0 saturated carbocycles. The second-order valence-electron chi connectivity index (χ2n) is 9.24. The number of carbonyl (C=O) groups excluding carboxylic acids is 1. The minimum atomic E-state index is -0.324. The minimum Gasteiger partial charge on any atom is -0.317 e. The Morgan fingerprint density at radius 2 is 1.19 bits per heavy atom. The third kappa shape index (κ3) is 10.5. The van der Waals surface area contributed by atoms with Crippen LogP contribution in [-0.2, 0) is 4.79 Å². The molecule has 0 saturated heterocycles. The summed E-state index contributed by atoms with van der Waals surface area (Å²) in [5, 5.41) is 0. The van der Waals surface area contributed by atoms with Gasteiger partial charge in [0.2, 0.25) is 5.78 Å². The number of carbonyl (C=O) groups is 1. The van der Waals surface area contributed by atoms with E-state index in [1.54, 1.807) is 0 Å². The first-order valence-corrected chi connectivity index (χ1v) is 11.9.